The number of unbranched alkanes of at least 4 members (excludes halogenated alkanes) is 1. The fourth-order valence-electron chi connectivity index (χ4n) is 3.04. The van der Waals surface area contributed by atoms with Gasteiger partial charge in [0.05, 0.1) is 17.1 Å². The summed E-state index contributed by atoms with van der Waals surface area (Å²) < 4.78 is 27.9. The van der Waals surface area contributed by atoms with Crippen molar-refractivity contribution < 1.29 is 18.3 Å². The molecule has 2 heterocycles. The van der Waals surface area contributed by atoms with Crippen LogP contribution in [-0.2, 0) is 23.0 Å². The van der Waals surface area contributed by atoms with E-state index < -0.39 is 16.0 Å². The Hall–Kier alpha value is -2.19. The van der Waals surface area contributed by atoms with Crippen LogP contribution in [0, 0.1) is 0 Å². The lowest BCUT2D eigenvalue weighted by Crippen LogP contribution is -2.38. The summed E-state index contributed by atoms with van der Waals surface area (Å²) in [5.41, 5.74) is 1.95. The van der Waals surface area contributed by atoms with E-state index in [1.807, 2.05) is 37.3 Å². The van der Waals surface area contributed by atoms with Crippen LogP contribution in [0.5, 0.6) is 0 Å². The molecule has 2 aromatic rings. The number of carboxylic acid groups (broad SMARTS) is 1. The highest BCUT2D eigenvalue weighted by Crippen LogP contribution is 2.27. The summed E-state index contributed by atoms with van der Waals surface area (Å²) >= 11 is 0. The van der Waals surface area contributed by atoms with Gasteiger partial charge in [0, 0.05) is 25.1 Å². The molecule has 1 aromatic heterocycles. The number of rotatable bonds is 6. The number of carboxylic acids is 1. The maximum Gasteiger partial charge on any atom is 0.356 e. The molecule has 0 spiro atoms. The van der Waals surface area contributed by atoms with Crippen molar-refractivity contribution >= 4 is 16.0 Å². The number of nitrogens with zero attached hydrogens (tertiary/aromatic N) is 3. The van der Waals surface area contributed by atoms with Crippen molar-refractivity contribution in [1.29, 1.82) is 0 Å². The molecule has 0 unspecified atom stereocenters. The lowest BCUT2D eigenvalue weighted by molar-refractivity contribution is 0.0688. The number of carbonyl (C=O) groups is 1. The van der Waals surface area contributed by atoms with Gasteiger partial charge in [0.2, 0.25) is 10.0 Å². The van der Waals surface area contributed by atoms with Crippen molar-refractivity contribution in [3.05, 3.63) is 47.3 Å². The number of hydrogen-bond acceptors (Lipinski definition) is 4. The normalized spacial score (nSPS) is 15.1. The Morgan fingerprint density at radius 1 is 1.28 bits per heavy atom. The van der Waals surface area contributed by atoms with Crippen molar-refractivity contribution in [3.63, 3.8) is 0 Å². The summed E-state index contributed by atoms with van der Waals surface area (Å²) in [6.45, 7) is 2.35. The second kappa shape index (κ2) is 6.97. The molecule has 1 N–H and O–H groups in total. The van der Waals surface area contributed by atoms with Crippen LogP contribution in [0.15, 0.2) is 30.3 Å². The van der Waals surface area contributed by atoms with Crippen LogP contribution >= 0.6 is 0 Å². The first-order valence-corrected chi connectivity index (χ1v) is 9.92. The van der Waals surface area contributed by atoms with Crippen molar-refractivity contribution in [3.8, 4) is 5.69 Å². The second-order valence-electron chi connectivity index (χ2n) is 6.08. The molecular weight excluding hydrogens is 342 g/mol. The summed E-state index contributed by atoms with van der Waals surface area (Å²) in [6, 6.07) is 9.29. The predicted molar refractivity (Wildman–Crippen MR) is 93.3 cm³/mol. The van der Waals surface area contributed by atoms with Crippen molar-refractivity contribution in [1.82, 2.24) is 14.1 Å². The van der Waals surface area contributed by atoms with Gasteiger partial charge < -0.3 is 5.11 Å². The average molecular weight is 363 g/mol. The molecule has 0 bridgehead atoms. The molecule has 25 heavy (non-hydrogen) atoms. The molecule has 7 nitrogen and oxygen atoms in total. The highest BCUT2D eigenvalue weighted by molar-refractivity contribution is 7.89. The van der Waals surface area contributed by atoms with Gasteiger partial charge in [0.15, 0.2) is 5.69 Å². The molecule has 0 saturated carbocycles. The third-order valence-electron chi connectivity index (χ3n) is 4.37. The monoisotopic (exact) mass is 363 g/mol. The smallest absolute Gasteiger partial charge is 0.356 e. The fraction of sp³-hybridized carbons (Fsp3) is 0.412. The van der Waals surface area contributed by atoms with Gasteiger partial charge in [-0.25, -0.2) is 17.9 Å². The number of aromatic carboxylic acids is 1. The Bertz CT molecular complexity index is 875. The van der Waals surface area contributed by atoms with E-state index in [-0.39, 0.29) is 18.0 Å². The van der Waals surface area contributed by atoms with Gasteiger partial charge in [-0.05, 0) is 18.6 Å². The molecule has 0 atom stereocenters. The van der Waals surface area contributed by atoms with Crippen LogP contribution < -0.4 is 0 Å². The fourth-order valence-corrected chi connectivity index (χ4v) is 4.65. The third-order valence-corrected chi connectivity index (χ3v) is 6.28. The molecule has 1 aromatic carbocycles. The second-order valence-corrected chi connectivity index (χ2v) is 8.17. The summed E-state index contributed by atoms with van der Waals surface area (Å²) in [6.07, 6.45) is 1.83. The zero-order valence-corrected chi connectivity index (χ0v) is 14.9. The number of fused-ring (bicyclic) bond motifs is 1. The first-order valence-electron chi connectivity index (χ1n) is 8.31. The van der Waals surface area contributed by atoms with E-state index >= 15 is 0 Å². The number of sulfonamides is 1. The predicted octanol–water partition coefficient (Wildman–Crippen LogP) is 2.06. The van der Waals surface area contributed by atoms with Gasteiger partial charge >= 0.3 is 5.97 Å². The maximum atomic E-state index is 12.5. The van der Waals surface area contributed by atoms with Gasteiger partial charge in [0.25, 0.3) is 0 Å². The summed E-state index contributed by atoms with van der Waals surface area (Å²) in [5, 5.41) is 13.7. The van der Waals surface area contributed by atoms with Crippen LogP contribution in [0.2, 0.25) is 0 Å². The number of aromatic nitrogens is 2. The first-order chi connectivity index (χ1) is 11.9. The molecular formula is C17H21N3O4S. The van der Waals surface area contributed by atoms with E-state index in [0.29, 0.717) is 24.9 Å². The minimum atomic E-state index is -3.38. The SMILES string of the molecule is CCCCS(=O)(=O)N1CCc2c(c(C(=O)O)nn2-c2ccccc2)C1. The van der Waals surface area contributed by atoms with Crippen molar-refractivity contribution in [2.45, 2.75) is 32.7 Å². The van der Waals surface area contributed by atoms with E-state index in [2.05, 4.69) is 5.10 Å². The molecule has 8 heteroatoms. The van der Waals surface area contributed by atoms with E-state index in [1.165, 1.54) is 4.31 Å². The highest BCUT2D eigenvalue weighted by Gasteiger charge is 2.33. The topological polar surface area (TPSA) is 92.5 Å². The van der Waals surface area contributed by atoms with Crippen LogP contribution in [-0.4, -0.2) is 45.9 Å². The lowest BCUT2D eigenvalue weighted by Gasteiger charge is -2.27. The summed E-state index contributed by atoms with van der Waals surface area (Å²) in [5.74, 6) is -1.05. The van der Waals surface area contributed by atoms with Crippen LogP contribution in [0.4, 0.5) is 0 Å². The minimum absolute atomic E-state index is 0.0653. The van der Waals surface area contributed by atoms with Crippen LogP contribution in [0.3, 0.4) is 0 Å². The molecule has 0 amide bonds. The van der Waals surface area contributed by atoms with E-state index in [1.54, 1.807) is 4.68 Å². The summed E-state index contributed by atoms with van der Waals surface area (Å²) in [4.78, 5) is 11.6. The lowest BCUT2D eigenvalue weighted by atomic mass is 10.1. The highest BCUT2D eigenvalue weighted by atomic mass is 32.2. The Morgan fingerprint density at radius 3 is 2.64 bits per heavy atom. The standard InChI is InChI=1S/C17H21N3O4S/c1-2-3-11-25(23,24)19-10-9-15-14(12-19)16(17(21)22)18-20(15)13-7-5-4-6-8-13/h4-8H,2-3,9-12H2,1H3,(H,21,22). The molecule has 134 valence electrons. The zero-order chi connectivity index (χ0) is 18.0. The quantitative estimate of drug-likeness (QED) is 0.848. The Labute approximate surface area is 146 Å². The van der Waals surface area contributed by atoms with Crippen LogP contribution in [0.1, 0.15) is 41.5 Å². The Morgan fingerprint density at radius 2 is 2.00 bits per heavy atom. The largest absolute Gasteiger partial charge is 0.476 e. The molecule has 1 aliphatic rings. The van der Waals surface area contributed by atoms with Crippen molar-refractivity contribution in [2.24, 2.45) is 0 Å². The van der Waals surface area contributed by atoms with E-state index in [0.717, 1.165) is 17.8 Å². The van der Waals surface area contributed by atoms with Gasteiger partial charge in [-0.2, -0.15) is 9.40 Å². The van der Waals surface area contributed by atoms with Gasteiger partial charge in [0.1, 0.15) is 0 Å². The summed E-state index contributed by atoms with van der Waals surface area (Å²) in [7, 11) is -3.38. The van der Waals surface area contributed by atoms with Gasteiger partial charge in [-0.1, -0.05) is 31.5 Å². The minimum Gasteiger partial charge on any atom is -0.476 e. The third kappa shape index (κ3) is 3.45. The average Bonchev–Trinajstić information content (AvgIpc) is 3.00. The molecule has 0 saturated heterocycles. The first kappa shape index (κ1) is 17.6. The molecule has 1 aliphatic heterocycles. The van der Waals surface area contributed by atoms with Gasteiger partial charge in [-0.15, -0.1) is 0 Å². The number of para-hydroxylation sites is 1. The number of hydrogen-bond donors (Lipinski definition) is 1. The van der Waals surface area contributed by atoms with Crippen molar-refractivity contribution in [2.75, 3.05) is 12.3 Å². The number of benzene rings is 1. The van der Waals surface area contributed by atoms with Crippen LogP contribution in [0.25, 0.3) is 5.69 Å². The maximum absolute atomic E-state index is 12.5. The zero-order valence-electron chi connectivity index (χ0n) is 14.1. The molecule has 0 aliphatic carbocycles. The van der Waals surface area contributed by atoms with E-state index in [4.69, 9.17) is 0 Å². The molecule has 0 radical (unpaired) electrons. The Kier molecular flexibility index (Phi) is 4.91. The Balaban J connectivity index is 1.99. The van der Waals surface area contributed by atoms with E-state index in [9.17, 15) is 18.3 Å². The van der Waals surface area contributed by atoms with Gasteiger partial charge in [-0.3, -0.25) is 0 Å². The molecule has 3 rings (SSSR count). The molecule has 0 fully saturated rings.